The van der Waals surface area contributed by atoms with Gasteiger partial charge in [0.05, 0.1) is 6.04 Å². The average molecular weight is 523 g/mol. The van der Waals surface area contributed by atoms with Crippen LogP contribution < -0.4 is 5.32 Å². The molecule has 2 aliphatic heterocycles. The van der Waals surface area contributed by atoms with Crippen molar-refractivity contribution >= 4 is 45.6 Å². The molecule has 0 radical (unpaired) electrons. The summed E-state index contributed by atoms with van der Waals surface area (Å²) < 4.78 is 69.1. The lowest BCUT2D eigenvalue weighted by Crippen LogP contribution is -2.50. The molecule has 2 atom stereocenters. The van der Waals surface area contributed by atoms with E-state index in [1.807, 2.05) is 0 Å². The molecule has 176 valence electrons. The Morgan fingerprint density at radius 1 is 1.18 bits per heavy atom. The number of halogens is 6. The number of oxime groups is 1. The van der Waals surface area contributed by atoms with E-state index >= 15 is 4.39 Å². The van der Waals surface area contributed by atoms with E-state index in [0.29, 0.717) is 17.1 Å². The summed E-state index contributed by atoms with van der Waals surface area (Å²) in [4.78, 5) is 17.2. The van der Waals surface area contributed by atoms with E-state index in [2.05, 4.69) is 10.5 Å². The van der Waals surface area contributed by atoms with Crippen LogP contribution in [0.25, 0.3) is 0 Å². The highest BCUT2D eigenvalue weighted by atomic mass is 35.5. The van der Waals surface area contributed by atoms with Crippen molar-refractivity contribution in [3.8, 4) is 0 Å². The maximum atomic E-state index is 15.5. The number of carbonyl (C=O) groups excluding carboxylic acids is 1. The molecule has 0 aromatic heterocycles. The second kappa shape index (κ2) is 8.56. The fourth-order valence-electron chi connectivity index (χ4n) is 3.76. The number of aryl methyl sites for hydroxylation is 1. The third-order valence-electron chi connectivity index (χ3n) is 5.47. The van der Waals surface area contributed by atoms with Crippen molar-refractivity contribution in [3.05, 3.63) is 68.7 Å². The third-order valence-corrected chi connectivity index (χ3v) is 7.46. The zero-order valence-corrected chi connectivity index (χ0v) is 19.2. The van der Waals surface area contributed by atoms with Crippen LogP contribution in [0.5, 0.6) is 0 Å². The summed E-state index contributed by atoms with van der Waals surface area (Å²) in [6.45, 7) is 1.56. The number of hydrogen-bond donors (Lipinski definition) is 1. The van der Waals surface area contributed by atoms with Crippen LogP contribution in [0.1, 0.15) is 27.0 Å². The number of carbonyl (C=O) groups is 1. The first-order chi connectivity index (χ1) is 15.4. The van der Waals surface area contributed by atoms with Crippen LogP contribution in [0.15, 0.2) is 41.6 Å². The van der Waals surface area contributed by atoms with E-state index in [1.54, 1.807) is 6.92 Å². The zero-order chi connectivity index (χ0) is 24.1. The maximum absolute atomic E-state index is 15.5. The molecule has 4 rings (SSSR count). The number of rotatable bonds is 4. The molecule has 1 saturated heterocycles. The van der Waals surface area contributed by atoms with Gasteiger partial charge in [-0.05, 0) is 42.8 Å². The van der Waals surface area contributed by atoms with Crippen LogP contribution >= 0.6 is 23.2 Å². The Balaban J connectivity index is 1.64. The van der Waals surface area contributed by atoms with Crippen molar-refractivity contribution in [2.24, 2.45) is 5.16 Å². The quantitative estimate of drug-likeness (QED) is 0.592. The van der Waals surface area contributed by atoms with Crippen molar-refractivity contribution in [1.82, 2.24) is 5.32 Å². The second-order valence-corrected chi connectivity index (χ2v) is 10.2. The SMILES string of the molecule is Cc1cc(C2=NOC(c3cc(Cl)cc(Cl)c3)(C(F)(F)F)C2F)ccc1C(=O)NC1CS(=O)C1. The second-order valence-electron chi connectivity index (χ2n) is 7.80. The van der Waals surface area contributed by atoms with Crippen molar-refractivity contribution in [2.75, 3.05) is 11.5 Å². The number of hydrogen-bond acceptors (Lipinski definition) is 4. The Morgan fingerprint density at radius 3 is 2.36 bits per heavy atom. The molecule has 2 heterocycles. The van der Waals surface area contributed by atoms with Crippen molar-refractivity contribution in [2.45, 2.75) is 30.9 Å². The van der Waals surface area contributed by atoms with Gasteiger partial charge in [-0.25, -0.2) is 4.39 Å². The summed E-state index contributed by atoms with van der Waals surface area (Å²) >= 11 is 11.7. The van der Waals surface area contributed by atoms with Gasteiger partial charge in [-0.1, -0.05) is 34.4 Å². The Labute approximate surface area is 198 Å². The molecule has 2 aromatic rings. The van der Waals surface area contributed by atoms with Gasteiger partial charge in [0.2, 0.25) is 6.17 Å². The monoisotopic (exact) mass is 522 g/mol. The molecule has 33 heavy (non-hydrogen) atoms. The molecule has 2 unspecified atom stereocenters. The highest BCUT2D eigenvalue weighted by molar-refractivity contribution is 7.86. The van der Waals surface area contributed by atoms with E-state index in [9.17, 15) is 22.2 Å². The largest absolute Gasteiger partial charge is 0.438 e. The average Bonchev–Trinajstić information content (AvgIpc) is 3.04. The van der Waals surface area contributed by atoms with E-state index in [0.717, 1.165) is 12.1 Å². The molecule has 2 aliphatic rings. The predicted molar refractivity (Wildman–Crippen MR) is 117 cm³/mol. The highest BCUT2D eigenvalue weighted by Crippen LogP contribution is 2.51. The minimum absolute atomic E-state index is 0.0283. The smallest absolute Gasteiger partial charge is 0.371 e. The lowest BCUT2D eigenvalue weighted by molar-refractivity contribution is -0.289. The highest BCUT2D eigenvalue weighted by Gasteiger charge is 2.69. The zero-order valence-electron chi connectivity index (χ0n) is 16.9. The Morgan fingerprint density at radius 2 is 1.82 bits per heavy atom. The first kappa shape index (κ1) is 24.0. The summed E-state index contributed by atoms with van der Waals surface area (Å²) in [5, 5.41) is 5.93. The Kier molecular flexibility index (Phi) is 6.22. The molecule has 1 N–H and O–H groups in total. The molecule has 0 aliphatic carbocycles. The van der Waals surface area contributed by atoms with E-state index in [-0.39, 0.29) is 27.2 Å². The first-order valence-corrected chi connectivity index (χ1v) is 11.9. The molecular formula is C21H16Cl2F4N2O3S. The van der Waals surface area contributed by atoms with Gasteiger partial charge in [-0.3, -0.25) is 9.00 Å². The molecule has 0 bridgehead atoms. The van der Waals surface area contributed by atoms with Crippen molar-refractivity contribution in [1.29, 1.82) is 0 Å². The van der Waals surface area contributed by atoms with Crippen LogP contribution in [0.4, 0.5) is 17.6 Å². The third kappa shape index (κ3) is 4.24. The van der Waals surface area contributed by atoms with Gasteiger partial charge < -0.3 is 10.2 Å². The molecular weight excluding hydrogens is 507 g/mol. The predicted octanol–water partition coefficient (Wildman–Crippen LogP) is 4.69. The molecule has 2 aromatic carbocycles. The molecule has 0 saturated carbocycles. The van der Waals surface area contributed by atoms with Gasteiger partial charge in [0, 0.05) is 49.0 Å². The van der Waals surface area contributed by atoms with Gasteiger partial charge in [0.15, 0.2) is 0 Å². The van der Waals surface area contributed by atoms with E-state index in [1.165, 1.54) is 24.3 Å². The van der Waals surface area contributed by atoms with Crippen LogP contribution in [0.3, 0.4) is 0 Å². The molecule has 1 fully saturated rings. The number of benzene rings is 2. The number of amides is 1. The lowest BCUT2D eigenvalue weighted by Gasteiger charge is -2.31. The van der Waals surface area contributed by atoms with Gasteiger partial charge in [0.25, 0.3) is 11.5 Å². The lowest BCUT2D eigenvalue weighted by atomic mass is 9.84. The van der Waals surface area contributed by atoms with Gasteiger partial charge in [-0.2, -0.15) is 13.2 Å². The first-order valence-electron chi connectivity index (χ1n) is 9.62. The minimum Gasteiger partial charge on any atom is -0.371 e. The van der Waals surface area contributed by atoms with E-state index in [4.69, 9.17) is 28.0 Å². The summed E-state index contributed by atoms with van der Waals surface area (Å²) in [7, 11) is -0.938. The normalized spacial score (nSPS) is 26.9. The van der Waals surface area contributed by atoms with Gasteiger partial charge >= 0.3 is 6.18 Å². The number of nitrogens with one attached hydrogen (secondary N) is 1. The van der Waals surface area contributed by atoms with Gasteiger partial charge in [0.1, 0.15) is 5.71 Å². The van der Waals surface area contributed by atoms with E-state index < -0.39 is 45.9 Å². The summed E-state index contributed by atoms with van der Waals surface area (Å²) in [6.07, 6.45) is -7.92. The fraction of sp³-hybridized carbons (Fsp3) is 0.333. The number of nitrogens with zero attached hydrogens (tertiary/aromatic N) is 1. The van der Waals surface area contributed by atoms with Crippen LogP contribution in [-0.4, -0.2) is 45.7 Å². The fourth-order valence-corrected chi connectivity index (χ4v) is 5.25. The maximum Gasteiger partial charge on any atom is 0.438 e. The topological polar surface area (TPSA) is 67.8 Å². The summed E-state index contributed by atoms with van der Waals surface area (Å²) in [5.74, 6) is 0.321. The number of alkyl halides is 4. The Bertz CT molecular complexity index is 1160. The molecule has 1 amide bonds. The molecule has 12 heteroatoms. The standard InChI is InChI=1S/C21H16Cl2F4N2O3S/c1-10-4-11(2-3-16(10)19(30)28-15-8-33(31)9-15)17-18(24)20(32-29-17,21(25,26)27)12-5-13(22)7-14(23)6-12/h2-7,15,18H,8-9H2,1H3,(H,28,30). The minimum atomic E-state index is -5.19. The Hall–Kier alpha value is -2.17. The summed E-state index contributed by atoms with van der Waals surface area (Å²) in [5.41, 5.74) is -3.94. The molecule has 0 spiro atoms. The molecule has 5 nitrogen and oxygen atoms in total. The van der Waals surface area contributed by atoms with Crippen molar-refractivity contribution < 1.29 is 31.4 Å². The summed E-state index contributed by atoms with van der Waals surface area (Å²) in [6, 6.07) is 6.91. The van der Waals surface area contributed by atoms with Crippen LogP contribution in [0, 0.1) is 6.92 Å². The van der Waals surface area contributed by atoms with Crippen LogP contribution in [0.2, 0.25) is 10.0 Å². The van der Waals surface area contributed by atoms with Crippen molar-refractivity contribution in [3.63, 3.8) is 0 Å². The van der Waals surface area contributed by atoms with Gasteiger partial charge in [-0.15, -0.1) is 0 Å². The van der Waals surface area contributed by atoms with Crippen LogP contribution in [-0.2, 0) is 21.2 Å².